The lowest BCUT2D eigenvalue weighted by Gasteiger charge is -2.68. The molecule has 44 heavy (non-hydrogen) atoms. The number of esters is 4. The molecule has 0 amide bonds. The van der Waals surface area contributed by atoms with Crippen LogP contribution in [-0.4, -0.2) is 59.0 Å². The van der Waals surface area contributed by atoms with Crippen LogP contribution < -0.4 is 0 Å². The van der Waals surface area contributed by atoms with Gasteiger partial charge in [-0.2, -0.15) is 0 Å². The highest BCUT2D eigenvalue weighted by molar-refractivity contribution is 5.68. The molecular weight excluding hydrogens is 564 g/mol. The van der Waals surface area contributed by atoms with Crippen LogP contribution in [0.15, 0.2) is 0 Å². The minimum absolute atomic E-state index is 0.0201. The summed E-state index contributed by atoms with van der Waals surface area (Å²) in [6.07, 6.45) is 3.82. The van der Waals surface area contributed by atoms with Crippen LogP contribution >= 0.6 is 0 Å². The van der Waals surface area contributed by atoms with E-state index in [1.165, 1.54) is 40.5 Å². The van der Waals surface area contributed by atoms with Crippen molar-refractivity contribution in [2.45, 2.75) is 150 Å². The Kier molecular flexibility index (Phi) is 10.2. The molecule has 0 heterocycles. The van der Waals surface area contributed by atoms with Gasteiger partial charge >= 0.3 is 23.9 Å². The molecule has 0 radical (unpaired) electrons. The van der Waals surface area contributed by atoms with Crippen LogP contribution in [0.3, 0.4) is 0 Å². The van der Waals surface area contributed by atoms with E-state index >= 15 is 0 Å². The fourth-order valence-corrected chi connectivity index (χ4v) is 10.7. The lowest BCUT2D eigenvalue weighted by Crippen LogP contribution is -2.76. The minimum atomic E-state index is -1.70. The molecule has 4 aliphatic carbocycles. The molecule has 0 bridgehead atoms. The summed E-state index contributed by atoms with van der Waals surface area (Å²) in [5.74, 6) is -0.471. The maximum atomic E-state index is 12.8. The van der Waals surface area contributed by atoms with Crippen molar-refractivity contribution in [2.75, 3.05) is 0 Å². The van der Waals surface area contributed by atoms with Crippen molar-refractivity contribution in [3.8, 4) is 0 Å². The second kappa shape index (κ2) is 12.9. The molecule has 4 saturated carbocycles. The summed E-state index contributed by atoms with van der Waals surface area (Å²) >= 11 is 0. The largest absolute Gasteiger partial charge is 0.462 e. The van der Waals surface area contributed by atoms with Crippen LogP contribution in [-0.2, 0) is 38.1 Å². The van der Waals surface area contributed by atoms with E-state index in [2.05, 4.69) is 27.7 Å². The molecule has 4 aliphatic rings. The minimum Gasteiger partial charge on any atom is -0.462 e. The molecule has 1 N–H and O–H groups in total. The van der Waals surface area contributed by atoms with E-state index < -0.39 is 53.3 Å². The van der Waals surface area contributed by atoms with E-state index in [9.17, 15) is 24.3 Å². The summed E-state index contributed by atoms with van der Waals surface area (Å²) in [5, 5.41) is 12.8. The van der Waals surface area contributed by atoms with Gasteiger partial charge in [0.15, 0.2) is 0 Å². The van der Waals surface area contributed by atoms with E-state index in [1.807, 2.05) is 6.92 Å². The molecule has 0 spiro atoms. The van der Waals surface area contributed by atoms with Gasteiger partial charge in [-0.15, -0.1) is 0 Å². The normalized spacial score (nSPS) is 41.9. The second-order valence-corrected chi connectivity index (χ2v) is 15.4. The van der Waals surface area contributed by atoms with E-state index in [0.717, 1.165) is 19.3 Å². The predicted octanol–water partition coefficient (Wildman–Crippen LogP) is 5.78. The monoisotopic (exact) mass is 620 g/mol. The third-order valence-corrected chi connectivity index (χ3v) is 12.2. The van der Waals surface area contributed by atoms with Crippen LogP contribution in [0.5, 0.6) is 0 Å². The first-order chi connectivity index (χ1) is 20.4. The van der Waals surface area contributed by atoms with Gasteiger partial charge < -0.3 is 24.1 Å². The summed E-state index contributed by atoms with van der Waals surface area (Å²) in [6.45, 7) is 16.5. The van der Waals surface area contributed by atoms with Gasteiger partial charge in [-0.05, 0) is 60.7 Å². The van der Waals surface area contributed by atoms with Crippen molar-refractivity contribution in [2.24, 2.45) is 46.3 Å². The van der Waals surface area contributed by atoms with Gasteiger partial charge in [0.2, 0.25) is 0 Å². The number of rotatable bonds is 9. The smallest absolute Gasteiger partial charge is 0.303 e. The van der Waals surface area contributed by atoms with Crippen LogP contribution in [0, 0.1) is 46.3 Å². The number of hydrogen-bond acceptors (Lipinski definition) is 9. The second-order valence-electron chi connectivity index (χ2n) is 15.4. The van der Waals surface area contributed by atoms with Crippen molar-refractivity contribution < 1.29 is 43.2 Å². The van der Waals surface area contributed by atoms with Crippen molar-refractivity contribution in [3.05, 3.63) is 0 Å². The topological polar surface area (TPSA) is 125 Å². The molecule has 9 nitrogen and oxygen atoms in total. The Bertz CT molecular complexity index is 1100. The summed E-state index contributed by atoms with van der Waals surface area (Å²) in [6, 6.07) is 0. The number of carbonyl (C=O) groups is 4. The molecule has 0 aromatic heterocycles. The Balaban J connectivity index is 1.82. The Hall–Kier alpha value is -2.16. The van der Waals surface area contributed by atoms with Gasteiger partial charge in [0.1, 0.15) is 30.0 Å². The molecule has 0 aromatic rings. The molecule has 250 valence electrons. The third-order valence-electron chi connectivity index (χ3n) is 12.2. The standard InChI is InChI=1S/C35H56O9/c1-19(2)11-10-12-20(3)27-13-14-28-26-16-31(44-24(7)39)35(40)17-25(41-21(4)36)15-30(43-23(6)38)34(35,9)32(26)29(42-22(5)37)18-33(27,28)8/h19-20,25-32,40H,10-18H2,1-9H3/t20-,25+,26+,27-,28+,29-,30-,31-,32-,33-,34-,35+/m1/s1. The number of fused-ring (bicyclic) bond motifs is 5. The maximum absolute atomic E-state index is 12.8. The highest BCUT2D eigenvalue weighted by atomic mass is 16.6. The van der Waals surface area contributed by atoms with Crippen LogP contribution in [0.4, 0.5) is 0 Å². The predicted molar refractivity (Wildman–Crippen MR) is 163 cm³/mol. The number of ether oxygens (including phenoxy) is 4. The van der Waals surface area contributed by atoms with Gasteiger partial charge in [-0.1, -0.05) is 53.9 Å². The summed E-state index contributed by atoms with van der Waals surface area (Å²) in [5.41, 5.74) is -2.97. The molecule has 4 rings (SSSR count). The van der Waals surface area contributed by atoms with Gasteiger partial charge in [-0.3, -0.25) is 19.2 Å². The molecule has 12 atom stereocenters. The average molecular weight is 621 g/mol. The molecule has 0 aromatic carbocycles. The average Bonchev–Trinajstić information content (AvgIpc) is 3.21. The Morgan fingerprint density at radius 1 is 0.773 bits per heavy atom. The highest BCUT2D eigenvalue weighted by Crippen LogP contribution is 2.70. The molecule has 0 aliphatic heterocycles. The van der Waals surface area contributed by atoms with E-state index in [4.69, 9.17) is 18.9 Å². The summed E-state index contributed by atoms with van der Waals surface area (Å²) in [7, 11) is 0. The Morgan fingerprint density at radius 3 is 1.93 bits per heavy atom. The molecular formula is C35H56O9. The highest BCUT2D eigenvalue weighted by Gasteiger charge is 2.75. The van der Waals surface area contributed by atoms with E-state index in [-0.39, 0.29) is 42.0 Å². The van der Waals surface area contributed by atoms with E-state index in [0.29, 0.717) is 30.6 Å². The molecule has 9 heteroatoms. The van der Waals surface area contributed by atoms with Crippen LogP contribution in [0.1, 0.15) is 120 Å². The third kappa shape index (κ3) is 6.28. The zero-order valence-corrected chi connectivity index (χ0v) is 28.4. The zero-order valence-electron chi connectivity index (χ0n) is 28.4. The first-order valence-electron chi connectivity index (χ1n) is 16.8. The number of carbonyl (C=O) groups excluding carboxylic acids is 4. The maximum Gasteiger partial charge on any atom is 0.303 e. The number of hydrogen-bond donors (Lipinski definition) is 1. The molecule has 0 saturated heterocycles. The quantitative estimate of drug-likeness (QED) is 0.252. The Labute approximate surface area is 263 Å². The lowest BCUT2D eigenvalue weighted by atomic mass is 9.40. The SMILES string of the molecule is CC(=O)O[C@H]1C[C@@H](OC(C)=O)[C@]2(C)[C@@H]3[C@@H](C[C@@H](OC(C)=O)[C@@]2(O)C1)[C@@H]1CC[C@H]([C@H](C)CCCC(C)C)[C@@]1(C)C[C@H]3OC(C)=O. The van der Waals surface area contributed by atoms with E-state index in [1.54, 1.807) is 0 Å². The lowest BCUT2D eigenvalue weighted by molar-refractivity contribution is -0.315. The van der Waals surface area contributed by atoms with Gasteiger partial charge in [-0.25, -0.2) is 0 Å². The van der Waals surface area contributed by atoms with Crippen LogP contribution in [0.2, 0.25) is 0 Å². The molecule has 4 fully saturated rings. The first-order valence-corrected chi connectivity index (χ1v) is 16.8. The van der Waals surface area contributed by atoms with Gasteiger partial charge in [0.05, 0.1) is 0 Å². The van der Waals surface area contributed by atoms with Gasteiger partial charge in [0, 0.05) is 51.9 Å². The van der Waals surface area contributed by atoms with Gasteiger partial charge in [0.25, 0.3) is 0 Å². The van der Waals surface area contributed by atoms with Crippen molar-refractivity contribution in [1.82, 2.24) is 0 Å². The van der Waals surface area contributed by atoms with Crippen molar-refractivity contribution in [1.29, 1.82) is 0 Å². The zero-order chi connectivity index (χ0) is 32.8. The summed E-state index contributed by atoms with van der Waals surface area (Å²) < 4.78 is 23.7. The molecule has 0 unspecified atom stereocenters. The first kappa shape index (κ1) is 34.7. The number of aliphatic hydroxyl groups is 1. The van der Waals surface area contributed by atoms with Crippen molar-refractivity contribution >= 4 is 23.9 Å². The summed E-state index contributed by atoms with van der Waals surface area (Å²) in [4.78, 5) is 49.8. The fraction of sp³-hybridized carbons (Fsp3) is 0.886. The fourth-order valence-electron chi connectivity index (χ4n) is 10.7. The van der Waals surface area contributed by atoms with Crippen molar-refractivity contribution in [3.63, 3.8) is 0 Å². The van der Waals surface area contributed by atoms with Crippen LogP contribution in [0.25, 0.3) is 0 Å². The Morgan fingerprint density at radius 2 is 1.36 bits per heavy atom.